The fraction of sp³-hybridized carbons (Fsp3) is 0.533. The van der Waals surface area contributed by atoms with E-state index < -0.39 is 0 Å². The van der Waals surface area contributed by atoms with Crippen LogP contribution in [0, 0.1) is 32.0 Å². The second kappa shape index (κ2) is 3.64. The lowest BCUT2D eigenvalue weighted by Crippen LogP contribution is -2.04. The first-order valence-corrected chi connectivity index (χ1v) is 8.62. The summed E-state index contributed by atoms with van der Waals surface area (Å²) in [4.78, 5) is 3.40. The third kappa shape index (κ3) is 1.39. The zero-order chi connectivity index (χ0) is 12.7. The summed E-state index contributed by atoms with van der Waals surface area (Å²) in [6.07, 6.45) is 4.44. The Labute approximate surface area is 130 Å². The summed E-state index contributed by atoms with van der Waals surface area (Å²) in [5.41, 5.74) is 2.51. The summed E-state index contributed by atoms with van der Waals surface area (Å²) in [6, 6.07) is 7.33. The maximum atomic E-state index is 5.59. The fourth-order valence-corrected chi connectivity index (χ4v) is 5.84. The van der Waals surface area contributed by atoms with Gasteiger partial charge in [-0.2, -0.15) is 0 Å². The quantitative estimate of drug-likeness (QED) is 0.568. The van der Waals surface area contributed by atoms with Crippen LogP contribution >= 0.6 is 34.8 Å². The van der Waals surface area contributed by atoms with Gasteiger partial charge < -0.3 is 9.55 Å². The van der Waals surface area contributed by atoms with Gasteiger partial charge in [-0.15, -0.1) is 0 Å². The summed E-state index contributed by atoms with van der Waals surface area (Å²) in [6.45, 7) is 0. The zero-order valence-electron chi connectivity index (χ0n) is 10.5. The van der Waals surface area contributed by atoms with Crippen molar-refractivity contribution >= 4 is 45.8 Å². The number of aromatic amines is 1. The summed E-state index contributed by atoms with van der Waals surface area (Å²) < 4.78 is 4.63. The number of nitrogens with one attached hydrogen (secondary N) is 1. The molecule has 1 aromatic heterocycles. The van der Waals surface area contributed by atoms with Crippen LogP contribution in [0.5, 0.6) is 0 Å². The molecular formula is C15H15IN2S. The smallest absolute Gasteiger partial charge is 0.178 e. The van der Waals surface area contributed by atoms with Gasteiger partial charge in [0.05, 0.1) is 11.0 Å². The highest BCUT2D eigenvalue weighted by Gasteiger charge is 2.66. The second-order valence-corrected chi connectivity index (χ2v) is 8.07. The minimum absolute atomic E-state index is 0.701. The third-order valence-corrected chi connectivity index (χ3v) is 6.64. The molecule has 0 spiro atoms. The Bertz CT molecular complexity index is 730. The molecule has 4 unspecified atom stereocenters. The van der Waals surface area contributed by atoms with E-state index in [-0.39, 0.29) is 0 Å². The van der Waals surface area contributed by atoms with Crippen molar-refractivity contribution in [2.75, 3.05) is 0 Å². The van der Waals surface area contributed by atoms with E-state index in [2.05, 4.69) is 50.3 Å². The van der Waals surface area contributed by atoms with Crippen LogP contribution < -0.4 is 0 Å². The Hall–Kier alpha value is -0.360. The van der Waals surface area contributed by atoms with Gasteiger partial charge >= 0.3 is 0 Å². The van der Waals surface area contributed by atoms with E-state index in [0.717, 1.165) is 28.4 Å². The summed E-state index contributed by atoms with van der Waals surface area (Å²) in [5.74, 6) is 3.86. The van der Waals surface area contributed by atoms with E-state index >= 15 is 0 Å². The first-order valence-electron chi connectivity index (χ1n) is 7.14. The molecule has 98 valence electrons. The second-order valence-electron chi connectivity index (χ2n) is 6.44. The molecule has 0 radical (unpaired) electrons. The molecule has 3 saturated carbocycles. The number of aromatic nitrogens is 2. The van der Waals surface area contributed by atoms with Crippen molar-refractivity contribution in [2.24, 2.45) is 23.7 Å². The van der Waals surface area contributed by atoms with Crippen molar-refractivity contribution in [3.8, 4) is 0 Å². The van der Waals surface area contributed by atoms with E-state index in [0.29, 0.717) is 6.04 Å². The van der Waals surface area contributed by atoms with Crippen molar-refractivity contribution in [1.82, 2.24) is 9.55 Å². The number of imidazole rings is 1. The number of halogens is 1. The van der Waals surface area contributed by atoms with Gasteiger partial charge in [0.25, 0.3) is 0 Å². The number of hydrogen-bond acceptors (Lipinski definition) is 1. The Kier molecular flexibility index (Phi) is 2.17. The van der Waals surface area contributed by atoms with Crippen LogP contribution in [0.15, 0.2) is 18.2 Å². The van der Waals surface area contributed by atoms with E-state index in [1.807, 2.05) is 0 Å². The van der Waals surface area contributed by atoms with Gasteiger partial charge in [-0.25, -0.2) is 0 Å². The maximum absolute atomic E-state index is 5.59. The van der Waals surface area contributed by atoms with Crippen LogP contribution in [0.4, 0.5) is 0 Å². The summed E-state index contributed by atoms with van der Waals surface area (Å²) in [7, 11) is 0. The molecule has 3 aliphatic rings. The van der Waals surface area contributed by atoms with E-state index in [1.165, 1.54) is 33.9 Å². The predicted molar refractivity (Wildman–Crippen MR) is 86.7 cm³/mol. The number of H-pyrrole nitrogens is 1. The first-order chi connectivity index (χ1) is 9.24. The molecular weight excluding hydrogens is 367 g/mol. The molecule has 1 aromatic carbocycles. The molecule has 19 heavy (non-hydrogen) atoms. The lowest BCUT2D eigenvalue weighted by molar-refractivity contribution is 0.456. The van der Waals surface area contributed by atoms with Crippen LogP contribution in [0.1, 0.15) is 25.3 Å². The average molecular weight is 382 g/mol. The number of benzene rings is 1. The number of hydrogen-bond donors (Lipinski definition) is 1. The van der Waals surface area contributed by atoms with Crippen LogP contribution in [0.3, 0.4) is 0 Å². The number of rotatable bonds is 1. The molecule has 4 atom stereocenters. The molecule has 5 rings (SSSR count). The highest BCUT2D eigenvalue weighted by molar-refractivity contribution is 14.1. The van der Waals surface area contributed by atoms with Gasteiger partial charge in [0, 0.05) is 9.61 Å². The highest BCUT2D eigenvalue weighted by Crippen LogP contribution is 2.71. The summed E-state index contributed by atoms with van der Waals surface area (Å²) in [5, 5.41) is 0. The predicted octanol–water partition coefficient (Wildman–Crippen LogP) is 4.52. The Balaban J connectivity index is 1.67. The van der Waals surface area contributed by atoms with Crippen molar-refractivity contribution in [1.29, 1.82) is 0 Å². The van der Waals surface area contributed by atoms with Gasteiger partial charge in [0.2, 0.25) is 0 Å². The molecule has 2 nitrogen and oxygen atoms in total. The number of fused-ring (bicyclic) bond motifs is 6. The lowest BCUT2D eigenvalue weighted by atomic mass is 10.0. The van der Waals surface area contributed by atoms with Gasteiger partial charge in [-0.3, -0.25) is 0 Å². The Morgan fingerprint density at radius 2 is 1.95 bits per heavy atom. The lowest BCUT2D eigenvalue weighted by Gasteiger charge is -2.11. The van der Waals surface area contributed by atoms with Gasteiger partial charge in [0.1, 0.15) is 0 Å². The van der Waals surface area contributed by atoms with Gasteiger partial charge in [-0.05, 0) is 95.9 Å². The van der Waals surface area contributed by atoms with E-state index in [1.54, 1.807) is 0 Å². The van der Waals surface area contributed by atoms with Crippen molar-refractivity contribution < 1.29 is 0 Å². The number of nitrogens with zero attached hydrogens (tertiary/aromatic N) is 1. The first kappa shape index (κ1) is 11.3. The molecule has 0 aliphatic heterocycles. The fourth-order valence-electron chi connectivity index (χ4n) is 5.02. The van der Waals surface area contributed by atoms with E-state index in [9.17, 15) is 0 Å². The van der Waals surface area contributed by atoms with Crippen LogP contribution in [0.25, 0.3) is 11.0 Å². The van der Waals surface area contributed by atoms with Crippen molar-refractivity contribution in [3.05, 3.63) is 26.5 Å². The minimum Gasteiger partial charge on any atom is -0.331 e. The third-order valence-electron chi connectivity index (χ3n) is 5.67. The molecule has 4 heteroatoms. The molecule has 3 fully saturated rings. The Morgan fingerprint density at radius 3 is 2.68 bits per heavy atom. The van der Waals surface area contributed by atoms with Crippen molar-refractivity contribution in [2.45, 2.75) is 25.3 Å². The van der Waals surface area contributed by atoms with Gasteiger partial charge in [0.15, 0.2) is 4.77 Å². The normalized spacial score (nSPS) is 38.9. The van der Waals surface area contributed by atoms with Crippen LogP contribution in [-0.4, -0.2) is 9.55 Å². The molecule has 1 N–H and O–H groups in total. The van der Waals surface area contributed by atoms with Crippen LogP contribution in [-0.2, 0) is 0 Å². The molecule has 1 heterocycles. The van der Waals surface area contributed by atoms with Crippen LogP contribution in [0.2, 0.25) is 0 Å². The molecule has 2 bridgehead atoms. The van der Waals surface area contributed by atoms with Gasteiger partial charge in [-0.1, -0.05) is 0 Å². The zero-order valence-corrected chi connectivity index (χ0v) is 13.4. The average Bonchev–Trinajstić information content (AvgIpc) is 2.74. The summed E-state index contributed by atoms with van der Waals surface area (Å²) >= 11 is 7.95. The monoisotopic (exact) mass is 382 g/mol. The highest BCUT2D eigenvalue weighted by atomic mass is 127. The van der Waals surface area contributed by atoms with E-state index in [4.69, 9.17) is 12.2 Å². The largest absolute Gasteiger partial charge is 0.331 e. The SMILES string of the molecule is S=c1[nH]c2cc(I)ccc2n1C1C2C3CCC(C3)C21. The Morgan fingerprint density at radius 1 is 1.21 bits per heavy atom. The standard InChI is InChI=1S/C15H15IN2S/c16-9-3-4-11-10(6-9)17-15(19)18(11)14-12-7-1-2-8(5-7)13(12)14/h3-4,6-8,12-14H,1-2,5H2,(H,17,19). The molecule has 0 saturated heterocycles. The topological polar surface area (TPSA) is 20.7 Å². The molecule has 2 aromatic rings. The maximum Gasteiger partial charge on any atom is 0.178 e. The molecule has 3 aliphatic carbocycles. The molecule has 0 amide bonds. The minimum atomic E-state index is 0.701. The van der Waals surface area contributed by atoms with Crippen molar-refractivity contribution in [3.63, 3.8) is 0 Å².